The highest BCUT2D eigenvalue weighted by Gasteiger charge is 2.11. The predicted molar refractivity (Wildman–Crippen MR) is 117 cm³/mol. The zero-order valence-electron chi connectivity index (χ0n) is 16.8. The molecular weight excluding hydrogens is 380 g/mol. The van der Waals surface area contributed by atoms with Crippen molar-refractivity contribution < 1.29 is 18.7 Å². The Morgan fingerprint density at radius 2 is 1.70 bits per heavy atom. The van der Waals surface area contributed by atoms with E-state index in [-0.39, 0.29) is 25.0 Å². The Balaban J connectivity index is 1.32. The van der Waals surface area contributed by atoms with Crippen molar-refractivity contribution in [2.24, 2.45) is 0 Å². The Morgan fingerprint density at radius 3 is 2.57 bits per heavy atom. The van der Waals surface area contributed by atoms with Crippen molar-refractivity contribution >= 4 is 39.4 Å². The number of amides is 2. The molecule has 2 amide bonds. The van der Waals surface area contributed by atoms with E-state index in [2.05, 4.69) is 10.6 Å². The molecule has 0 bridgehead atoms. The smallest absolute Gasteiger partial charge is 0.258 e. The molecule has 6 nitrogen and oxygen atoms in total. The topological polar surface area (TPSA) is 80.6 Å². The molecule has 0 spiro atoms. The third-order valence-electron chi connectivity index (χ3n) is 5.04. The number of anilines is 1. The third kappa shape index (κ3) is 4.12. The van der Waals surface area contributed by atoms with Crippen molar-refractivity contribution in [1.82, 2.24) is 5.32 Å². The maximum Gasteiger partial charge on any atom is 0.258 e. The molecule has 0 saturated carbocycles. The van der Waals surface area contributed by atoms with Crippen molar-refractivity contribution in [2.45, 2.75) is 13.8 Å². The molecular formula is C24H22N2O4. The number of hydrogen-bond acceptors (Lipinski definition) is 4. The van der Waals surface area contributed by atoms with Gasteiger partial charge in [0, 0.05) is 16.5 Å². The van der Waals surface area contributed by atoms with Crippen molar-refractivity contribution in [3.63, 3.8) is 0 Å². The summed E-state index contributed by atoms with van der Waals surface area (Å²) in [6, 6.07) is 18.9. The maximum atomic E-state index is 12.1. The number of aryl methyl sites for hydroxylation is 1. The van der Waals surface area contributed by atoms with E-state index in [1.165, 1.54) is 0 Å². The van der Waals surface area contributed by atoms with E-state index in [1.54, 1.807) is 6.07 Å². The lowest BCUT2D eigenvalue weighted by Crippen LogP contribution is -2.35. The van der Waals surface area contributed by atoms with Crippen LogP contribution in [0.15, 0.2) is 65.1 Å². The summed E-state index contributed by atoms with van der Waals surface area (Å²) in [4.78, 5) is 24.2. The van der Waals surface area contributed by atoms with Crippen LogP contribution in [-0.4, -0.2) is 25.0 Å². The van der Waals surface area contributed by atoms with Crippen LogP contribution in [-0.2, 0) is 9.59 Å². The zero-order valence-corrected chi connectivity index (χ0v) is 16.8. The van der Waals surface area contributed by atoms with Gasteiger partial charge in [-0.25, -0.2) is 0 Å². The summed E-state index contributed by atoms with van der Waals surface area (Å²) < 4.78 is 11.4. The molecule has 152 valence electrons. The van der Waals surface area contributed by atoms with Gasteiger partial charge in [-0.05, 0) is 55.3 Å². The maximum absolute atomic E-state index is 12.1. The molecule has 0 fully saturated rings. The van der Waals surface area contributed by atoms with Crippen LogP contribution in [0.4, 0.5) is 5.69 Å². The van der Waals surface area contributed by atoms with Gasteiger partial charge < -0.3 is 19.8 Å². The summed E-state index contributed by atoms with van der Waals surface area (Å²) in [5.74, 6) is -0.101. The fourth-order valence-electron chi connectivity index (χ4n) is 3.25. The Morgan fingerprint density at radius 1 is 0.900 bits per heavy atom. The lowest BCUT2D eigenvalue weighted by atomic mass is 10.1. The number of fused-ring (bicyclic) bond motifs is 3. The number of nitrogens with one attached hydrogen (secondary N) is 2. The molecule has 0 saturated heterocycles. The van der Waals surface area contributed by atoms with Crippen molar-refractivity contribution in [1.29, 1.82) is 0 Å². The van der Waals surface area contributed by atoms with E-state index in [0.717, 1.165) is 38.8 Å². The number of carbonyl (C=O) groups is 2. The van der Waals surface area contributed by atoms with Crippen LogP contribution < -0.4 is 15.4 Å². The van der Waals surface area contributed by atoms with E-state index in [0.29, 0.717) is 5.75 Å². The fourth-order valence-corrected chi connectivity index (χ4v) is 3.25. The summed E-state index contributed by atoms with van der Waals surface area (Å²) in [7, 11) is 0. The third-order valence-corrected chi connectivity index (χ3v) is 5.04. The minimum atomic E-state index is -0.372. The molecule has 0 aliphatic carbocycles. The van der Waals surface area contributed by atoms with Crippen LogP contribution in [0.2, 0.25) is 0 Å². The second-order valence-corrected chi connectivity index (χ2v) is 7.12. The van der Waals surface area contributed by atoms with Crippen LogP contribution in [0, 0.1) is 13.8 Å². The molecule has 6 heteroatoms. The van der Waals surface area contributed by atoms with Crippen molar-refractivity contribution in [3.8, 4) is 5.75 Å². The standard InChI is InChI=1S/C24H22N2O4/c1-15-6-5-8-20(16(15)2)26-23(27)13-25-24(28)14-29-17-10-11-22-19(12-17)18-7-3-4-9-21(18)30-22/h3-12H,13-14H2,1-2H3,(H,25,28)(H,26,27). The molecule has 4 rings (SSSR count). The number of ether oxygens (including phenoxy) is 1. The number of carbonyl (C=O) groups excluding carboxylic acids is 2. The number of benzene rings is 3. The molecule has 30 heavy (non-hydrogen) atoms. The second-order valence-electron chi connectivity index (χ2n) is 7.12. The Hall–Kier alpha value is -3.80. The first-order valence-corrected chi connectivity index (χ1v) is 9.68. The lowest BCUT2D eigenvalue weighted by molar-refractivity contribution is -0.125. The summed E-state index contributed by atoms with van der Waals surface area (Å²) in [6.45, 7) is 3.62. The van der Waals surface area contributed by atoms with Crippen LogP contribution in [0.5, 0.6) is 5.75 Å². The molecule has 1 aromatic heterocycles. The molecule has 1 heterocycles. The summed E-state index contributed by atoms with van der Waals surface area (Å²) in [5, 5.41) is 7.30. The Labute approximate surface area is 173 Å². The highest BCUT2D eigenvalue weighted by atomic mass is 16.5. The Kier molecular flexibility index (Phi) is 5.39. The van der Waals surface area contributed by atoms with E-state index in [1.807, 2.05) is 68.4 Å². The van der Waals surface area contributed by atoms with E-state index in [4.69, 9.17) is 9.15 Å². The van der Waals surface area contributed by atoms with Gasteiger partial charge in [0.2, 0.25) is 5.91 Å². The number of furan rings is 1. The van der Waals surface area contributed by atoms with Crippen LogP contribution >= 0.6 is 0 Å². The van der Waals surface area contributed by atoms with Crippen LogP contribution in [0.1, 0.15) is 11.1 Å². The highest BCUT2D eigenvalue weighted by molar-refractivity contribution is 6.05. The first-order valence-electron chi connectivity index (χ1n) is 9.68. The molecule has 4 aromatic rings. The molecule has 0 aliphatic rings. The highest BCUT2D eigenvalue weighted by Crippen LogP contribution is 2.31. The SMILES string of the molecule is Cc1cccc(NC(=O)CNC(=O)COc2ccc3oc4ccccc4c3c2)c1C. The van der Waals surface area contributed by atoms with Crippen LogP contribution in [0.3, 0.4) is 0 Å². The Bertz CT molecular complexity index is 1240. The average Bonchev–Trinajstić information content (AvgIpc) is 3.12. The molecule has 0 atom stereocenters. The molecule has 2 N–H and O–H groups in total. The normalized spacial score (nSPS) is 10.9. The van der Waals surface area contributed by atoms with Gasteiger partial charge >= 0.3 is 0 Å². The zero-order chi connectivity index (χ0) is 21.1. The van der Waals surface area contributed by atoms with Gasteiger partial charge in [-0.1, -0.05) is 30.3 Å². The summed E-state index contributed by atoms with van der Waals surface area (Å²) in [5.41, 5.74) is 4.40. The minimum Gasteiger partial charge on any atom is -0.484 e. The van der Waals surface area contributed by atoms with Gasteiger partial charge in [-0.15, -0.1) is 0 Å². The molecule has 3 aromatic carbocycles. The molecule has 0 radical (unpaired) electrons. The number of hydrogen-bond donors (Lipinski definition) is 2. The van der Waals surface area contributed by atoms with Crippen molar-refractivity contribution in [3.05, 3.63) is 71.8 Å². The predicted octanol–water partition coefficient (Wildman–Crippen LogP) is 4.34. The van der Waals surface area contributed by atoms with Gasteiger partial charge in [-0.3, -0.25) is 9.59 Å². The summed E-state index contributed by atoms with van der Waals surface area (Å²) in [6.07, 6.45) is 0. The minimum absolute atomic E-state index is 0.124. The monoisotopic (exact) mass is 402 g/mol. The summed E-state index contributed by atoms with van der Waals surface area (Å²) >= 11 is 0. The number of para-hydroxylation sites is 1. The molecule has 0 aliphatic heterocycles. The van der Waals surface area contributed by atoms with Crippen LogP contribution in [0.25, 0.3) is 21.9 Å². The van der Waals surface area contributed by atoms with Gasteiger partial charge in [0.25, 0.3) is 5.91 Å². The fraction of sp³-hybridized carbons (Fsp3) is 0.167. The first-order chi connectivity index (χ1) is 14.5. The van der Waals surface area contributed by atoms with E-state index >= 15 is 0 Å². The average molecular weight is 402 g/mol. The van der Waals surface area contributed by atoms with Gasteiger partial charge in [0.15, 0.2) is 6.61 Å². The number of rotatable bonds is 6. The van der Waals surface area contributed by atoms with Gasteiger partial charge in [0.05, 0.1) is 6.54 Å². The van der Waals surface area contributed by atoms with E-state index in [9.17, 15) is 9.59 Å². The van der Waals surface area contributed by atoms with Gasteiger partial charge in [0.1, 0.15) is 16.9 Å². The van der Waals surface area contributed by atoms with Crippen molar-refractivity contribution in [2.75, 3.05) is 18.5 Å². The first kappa shape index (κ1) is 19.5. The second kappa shape index (κ2) is 8.29. The quantitative estimate of drug-likeness (QED) is 0.503. The van der Waals surface area contributed by atoms with E-state index < -0.39 is 0 Å². The lowest BCUT2D eigenvalue weighted by Gasteiger charge is -2.11. The molecule has 0 unspecified atom stereocenters. The largest absolute Gasteiger partial charge is 0.484 e. The van der Waals surface area contributed by atoms with Gasteiger partial charge in [-0.2, -0.15) is 0 Å².